The first-order chi connectivity index (χ1) is 9.70. The Labute approximate surface area is 119 Å². The van der Waals surface area contributed by atoms with Crippen LogP contribution in [0.25, 0.3) is 0 Å². The van der Waals surface area contributed by atoms with Crippen LogP contribution in [0.4, 0.5) is 0 Å². The first kappa shape index (κ1) is 13.6. The smallest absolute Gasteiger partial charge is 0.220 e. The topological polar surface area (TPSA) is 73.6 Å². The maximum atomic E-state index is 11.6. The van der Waals surface area contributed by atoms with Crippen molar-refractivity contribution < 1.29 is 14.3 Å². The fraction of sp³-hybridized carbons (Fsp3) is 0.667. The second kappa shape index (κ2) is 5.58. The predicted molar refractivity (Wildman–Crippen MR) is 74.5 cm³/mol. The van der Waals surface area contributed by atoms with Crippen molar-refractivity contribution in [1.82, 2.24) is 5.32 Å². The number of hydrogen-bond donors (Lipinski definition) is 2. The van der Waals surface area contributed by atoms with E-state index in [1.54, 1.807) is 6.26 Å². The van der Waals surface area contributed by atoms with Gasteiger partial charge in [0.05, 0.1) is 12.4 Å². The van der Waals surface area contributed by atoms with Crippen LogP contribution in [0.2, 0.25) is 0 Å². The zero-order chi connectivity index (χ0) is 14.0. The monoisotopic (exact) mass is 278 g/mol. The molecule has 2 aliphatic heterocycles. The molecule has 1 saturated heterocycles. The Morgan fingerprint density at radius 1 is 1.35 bits per heavy atom. The van der Waals surface area contributed by atoms with Crippen molar-refractivity contribution in [3.05, 3.63) is 24.5 Å². The Bertz CT molecular complexity index is 427. The molecule has 3 atom stereocenters. The van der Waals surface area contributed by atoms with Gasteiger partial charge in [0.15, 0.2) is 0 Å². The largest absolute Gasteiger partial charge is 0.469 e. The fourth-order valence-corrected chi connectivity index (χ4v) is 3.69. The number of ether oxygens (including phenoxy) is 2. The minimum absolute atomic E-state index is 0.0447. The molecular formula is C15H22N2O3. The lowest BCUT2D eigenvalue weighted by molar-refractivity contribution is -0.148. The maximum Gasteiger partial charge on any atom is 0.220 e. The number of carbonyl (C=O) groups is 1. The van der Waals surface area contributed by atoms with Gasteiger partial charge >= 0.3 is 0 Å². The van der Waals surface area contributed by atoms with Gasteiger partial charge in [-0.15, -0.1) is 0 Å². The lowest BCUT2D eigenvalue weighted by Gasteiger charge is -2.40. The molecular weight excluding hydrogens is 256 g/mol. The van der Waals surface area contributed by atoms with Gasteiger partial charge in [-0.1, -0.05) is 6.08 Å². The van der Waals surface area contributed by atoms with Crippen molar-refractivity contribution in [2.45, 2.75) is 38.1 Å². The van der Waals surface area contributed by atoms with E-state index in [0.717, 1.165) is 32.4 Å². The zero-order valence-corrected chi connectivity index (χ0v) is 11.6. The molecule has 1 spiro atoms. The summed E-state index contributed by atoms with van der Waals surface area (Å²) in [4.78, 5) is 11.6. The quantitative estimate of drug-likeness (QED) is 0.809. The van der Waals surface area contributed by atoms with E-state index in [1.807, 2.05) is 18.2 Å². The number of allylic oxidation sites excluding steroid dienone is 2. The Morgan fingerprint density at radius 3 is 2.80 bits per heavy atom. The summed E-state index contributed by atoms with van der Waals surface area (Å²) in [6.45, 7) is 1.96. The van der Waals surface area contributed by atoms with Crippen molar-refractivity contribution >= 4 is 5.91 Å². The van der Waals surface area contributed by atoms with Crippen LogP contribution in [-0.4, -0.2) is 31.4 Å². The van der Waals surface area contributed by atoms with Crippen molar-refractivity contribution in [2.75, 3.05) is 13.1 Å². The number of piperidine rings is 1. The van der Waals surface area contributed by atoms with Crippen molar-refractivity contribution in [3.8, 4) is 0 Å². The lowest BCUT2D eigenvalue weighted by Crippen LogP contribution is -2.43. The van der Waals surface area contributed by atoms with E-state index in [9.17, 15) is 4.79 Å². The summed E-state index contributed by atoms with van der Waals surface area (Å²) in [7, 11) is 0. The van der Waals surface area contributed by atoms with Gasteiger partial charge in [0, 0.05) is 5.92 Å². The van der Waals surface area contributed by atoms with Crippen molar-refractivity contribution in [3.63, 3.8) is 0 Å². The standard InChI is InChI=1S/C15H22N2O3/c16-14(18)11-9-12(20-13-3-1-2-8-19-13)15(10-11)4-6-17-7-5-15/h1-3,8,11-13,17H,4-7,9-10H2,(H2,16,18). The maximum absolute atomic E-state index is 11.6. The number of nitrogens with two attached hydrogens (primary N) is 1. The third kappa shape index (κ3) is 2.60. The van der Waals surface area contributed by atoms with Gasteiger partial charge in [-0.2, -0.15) is 0 Å². The highest BCUT2D eigenvalue weighted by Gasteiger charge is 2.50. The normalized spacial score (nSPS) is 35.1. The molecule has 5 nitrogen and oxygen atoms in total. The highest BCUT2D eigenvalue weighted by molar-refractivity contribution is 5.77. The van der Waals surface area contributed by atoms with Gasteiger partial charge in [0.2, 0.25) is 12.2 Å². The Morgan fingerprint density at radius 2 is 2.15 bits per heavy atom. The first-order valence-electron chi connectivity index (χ1n) is 7.34. The van der Waals surface area contributed by atoms with Crippen LogP contribution < -0.4 is 11.1 Å². The van der Waals surface area contributed by atoms with E-state index in [0.29, 0.717) is 6.42 Å². The summed E-state index contributed by atoms with van der Waals surface area (Å²) in [5.74, 6) is -0.268. The number of amides is 1. The molecule has 0 radical (unpaired) electrons. The first-order valence-corrected chi connectivity index (χ1v) is 7.34. The summed E-state index contributed by atoms with van der Waals surface area (Å²) in [6.07, 6.45) is 10.6. The lowest BCUT2D eigenvalue weighted by atomic mass is 9.75. The Balaban J connectivity index is 1.73. The number of nitrogens with one attached hydrogen (secondary N) is 1. The Hall–Kier alpha value is -1.33. The second-order valence-corrected chi connectivity index (χ2v) is 5.99. The van der Waals surface area contributed by atoms with Gasteiger partial charge in [-0.25, -0.2) is 0 Å². The molecule has 20 heavy (non-hydrogen) atoms. The number of rotatable bonds is 3. The minimum atomic E-state index is -0.344. The molecule has 3 rings (SSSR count). The van der Waals surface area contributed by atoms with Gasteiger partial charge in [-0.3, -0.25) is 4.79 Å². The van der Waals surface area contributed by atoms with Crippen LogP contribution in [0.1, 0.15) is 25.7 Å². The highest BCUT2D eigenvalue weighted by atomic mass is 16.7. The summed E-state index contributed by atoms with van der Waals surface area (Å²) < 4.78 is 11.6. The zero-order valence-electron chi connectivity index (χ0n) is 11.6. The van der Waals surface area contributed by atoms with E-state index >= 15 is 0 Å². The van der Waals surface area contributed by atoms with Crippen LogP contribution in [0.3, 0.4) is 0 Å². The molecule has 1 aliphatic carbocycles. The van der Waals surface area contributed by atoms with Crippen LogP contribution in [0.5, 0.6) is 0 Å². The van der Waals surface area contributed by atoms with E-state index < -0.39 is 0 Å². The molecule has 0 aromatic heterocycles. The molecule has 0 aromatic rings. The summed E-state index contributed by atoms with van der Waals surface area (Å²) >= 11 is 0. The molecule has 1 saturated carbocycles. The second-order valence-electron chi connectivity index (χ2n) is 5.99. The number of primary amides is 1. The predicted octanol–water partition coefficient (Wildman–Crippen LogP) is 1.06. The highest BCUT2D eigenvalue weighted by Crippen LogP contribution is 2.49. The summed E-state index contributed by atoms with van der Waals surface area (Å²) in [5, 5.41) is 3.38. The van der Waals surface area contributed by atoms with Gasteiger partial charge in [0.25, 0.3) is 0 Å². The van der Waals surface area contributed by atoms with Crippen LogP contribution >= 0.6 is 0 Å². The molecule has 5 heteroatoms. The molecule has 1 amide bonds. The van der Waals surface area contributed by atoms with E-state index in [4.69, 9.17) is 15.2 Å². The van der Waals surface area contributed by atoms with Gasteiger partial charge in [0.1, 0.15) is 0 Å². The SMILES string of the molecule is NC(=O)C1CC(OC2C=CC=CO2)C2(CCNCC2)C1. The molecule has 2 fully saturated rings. The molecule has 0 aromatic carbocycles. The third-order valence-corrected chi connectivity index (χ3v) is 4.81. The van der Waals surface area contributed by atoms with Crippen LogP contribution in [0.15, 0.2) is 24.5 Å². The Kier molecular flexibility index (Phi) is 3.81. The molecule has 2 heterocycles. The van der Waals surface area contributed by atoms with E-state index in [1.165, 1.54) is 0 Å². The van der Waals surface area contributed by atoms with Crippen molar-refractivity contribution in [2.24, 2.45) is 17.1 Å². The average Bonchev–Trinajstić information content (AvgIpc) is 2.80. The van der Waals surface area contributed by atoms with Gasteiger partial charge < -0.3 is 20.5 Å². The fourth-order valence-electron chi connectivity index (χ4n) is 3.69. The van der Waals surface area contributed by atoms with E-state index in [2.05, 4.69) is 5.32 Å². The molecule has 3 N–H and O–H groups in total. The number of hydrogen-bond acceptors (Lipinski definition) is 4. The minimum Gasteiger partial charge on any atom is -0.469 e. The summed E-state index contributed by atoms with van der Waals surface area (Å²) in [6, 6.07) is 0. The van der Waals surface area contributed by atoms with Crippen LogP contribution in [-0.2, 0) is 14.3 Å². The average molecular weight is 278 g/mol. The molecule has 3 aliphatic rings. The molecule has 110 valence electrons. The molecule has 0 bridgehead atoms. The van der Waals surface area contributed by atoms with Crippen LogP contribution in [0, 0.1) is 11.3 Å². The number of carbonyl (C=O) groups excluding carboxylic acids is 1. The van der Waals surface area contributed by atoms with E-state index in [-0.39, 0.29) is 29.6 Å². The molecule has 3 unspecified atom stereocenters. The third-order valence-electron chi connectivity index (χ3n) is 4.81. The van der Waals surface area contributed by atoms with Crippen molar-refractivity contribution in [1.29, 1.82) is 0 Å². The summed E-state index contributed by atoms with van der Waals surface area (Å²) in [5.41, 5.74) is 5.59. The van der Waals surface area contributed by atoms with Gasteiger partial charge in [-0.05, 0) is 56.3 Å².